The van der Waals surface area contributed by atoms with Crippen LogP contribution in [0.15, 0.2) is 81.3 Å². The van der Waals surface area contributed by atoms with E-state index in [9.17, 15) is 18.0 Å². The molecule has 0 aliphatic rings. The van der Waals surface area contributed by atoms with Crippen molar-refractivity contribution in [3.63, 3.8) is 0 Å². The van der Waals surface area contributed by atoms with Gasteiger partial charge in [-0.2, -0.15) is 0 Å². The first kappa shape index (κ1) is 19.3. The van der Waals surface area contributed by atoms with Gasteiger partial charge in [-0.15, -0.1) is 11.3 Å². The van der Waals surface area contributed by atoms with Gasteiger partial charge in [0.05, 0.1) is 27.3 Å². The summed E-state index contributed by atoms with van der Waals surface area (Å²) < 4.78 is 33.1. The van der Waals surface area contributed by atoms with Crippen LogP contribution in [0.4, 0.5) is 0 Å². The van der Waals surface area contributed by atoms with Crippen molar-refractivity contribution in [3.05, 3.63) is 82.5 Å². The number of carbonyl (C=O) groups excluding carboxylic acids is 1. The minimum atomic E-state index is -4.03. The van der Waals surface area contributed by atoms with Crippen molar-refractivity contribution in [2.45, 2.75) is 16.7 Å². The van der Waals surface area contributed by atoms with Gasteiger partial charge in [0, 0.05) is 14.8 Å². The highest BCUT2D eigenvalue weighted by Crippen LogP contribution is 2.31. The lowest BCUT2D eigenvalue weighted by Gasteiger charge is -2.10. The van der Waals surface area contributed by atoms with Crippen molar-refractivity contribution in [1.82, 2.24) is 0 Å². The zero-order chi connectivity index (χ0) is 20.6. The van der Waals surface area contributed by atoms with Gasteiger partial charge in [0.2, 0.25) is 9.84 Å². The zero-order valence-electron chi connectivity index (χ0n) is 15.4. The molecule has 29 heavy (non-hydrogen) atoms. The molecule has 0 amide bonds. The molecule has 0 spiro atoms. The Bertz CT molecular complexity index is 1420. The van der Waals surface area contributed by atoms with E-state index in [1.54, 1.807) is 31.2 Å². The van der Waals surface area contributed by atoms with Gasteiger partial charge in [0.25, 0.3) is 0 Å². The number of esters is 1. The molecule has 0 saturated heterocycles. The van der Waals surface area contributed by atoms with Gasteiger partial charge in [-0.1, -0.05) is 24.3 Å². The highest BCUT2D eigenvalue weighted by Gasteiger charge is 2.24. The number of carbonyl (C=O) groups is 1. The van der Waals surface area contributed by atoms with Crippen LogP contribution in [0.3, 0.4) is 0 Å². The van der Waals surface area contributed by atoms with E-state index in [2.05, 4.69) is 0 Å². The monoisotopic (exact) mass is 424 g/mol. The van der Waals surface area contributed by atoms with Crippen molar-refractivity contribution in [2.75, 3.05) is 6.61 Å². The first-order valence-corrected chi connectivity index (χ1v) is 11.2. The molecule has 1 heterocycles. The molecule has 5 nitrogen and oxygen atoms in total. The maximum Gasteiger partial charge on any atom is 0.338 e. The van der Waals surface area contributed by atoms with Crippen molar-refractivity contribution in [3.8, 4) is 0 Å². The molecule has 0 radical (unpaired) electrons. The van der Waals surface area contributed by atoms with Crippen LogP contribution in [0.1, 0.15) is 17.3 Å². The Morgan fingerprint density at radius 2 is 1.69 bits per heavy atom. The highest BCUT2D eigenvalue weighted by atomic mass is 32.2. The number of hydrogen-bond donors (Lipinski definition) is 0. The average molecular weight is 424 g/mol. The van der Waals surface area contributed by atoms with Crippen LogP contribution in [0.2, 0.25) is 0 Å². The Labute approximate surface area is 171 Å². The smallest absolute Gasteiger partial charge is 0.338 e. The van der Waals surface area contributed by atoms with Gasteiger partial charge in [0.15, 0.2) is 5.43 Å². The van der Waals surface area contributed by atoms with E-state index >= 15 is 0 Å². The molecule has 0 N–H and O–H groups in total. The Morgan fingerprint density at radius 3 is 2.48 bits per heavy atom. The van der Waals surface area contributed by atoms with Crippen LogP contribution in [0, 0.1) is 0 Å². The molecule has 4 rings (SSSR count). The van der Waals surface area contributed by atoms with E-state index in [4.69, 9.17) is 4.74 Å². The number of fused-ring (bicyclic) bond motifs is 2. The third-order valence-electron chi connectivity index (χ3n) is 4.51. The van der Waals surface area contributed by atoms with Crippen molar-refractivity contribution in [1.29, 1.82) is 0 Å². The van der Waals surface area contributed by atoms with Gasteiger partial charge < -0.3 is 4.74 Å². The van der Waals surface area contributed by atoms with E-state index in [1.165, 1.54) is 41.7 Å². The molecule has 0 saturated carbocycles. The summed E-state index contributed by atoms with van der Waals surface area (Å²) in [4.78, 5) is 25.0. The van der Waals surface area contributed by atoms with Crippen molar-refractivity contribution >= 4 is 47.3 Å². The van der Waals surface area contributed by atoms with Crippen LogP contribution < -0.4 is 5.43 Å². The molecule has 3 aromatic carbocycles. The van der Waals surface area contributed by atoms with Gasteiger partial charge in [0.1, 0.15) is 0 Å². The summed E-state index contributed by atoms with van der Waals surface area (Å²) in [6.45, 7) is 1.86. The van der Waals surface area contributed by atoms with Crippen LogP contribution in [-0.2, 0) is 14.6 Å². The molecular formula is C22H16O5S2. The Hall–Kier alpha value is -3.03. The minimum absolute atomic E-state index is 0.0619. The quantitative estimate of drug-likeness (QED) is 0.358. The van der Waals surface area contributed by atoms with Crippen molar-refractivity contribution < 1.29 is 17.9 Å². The Morgan fingerprint density at radius 1 is 0.966 bits per heavy atom. The fraction of sp³-hybridized carbons (Fsp3) is 0.0909. The van der Waals surface area contributed by atoms with Gasteiger partial charge in [-0.3, -0.25) is 4.79 Å². The van der Waals surface area contributed by atoms with Crippen LogP contribution in [0.25, 0.3) is 20.2 Å². The third-order valence-corrected chi connectivity index (χ3v) is 7.44. The van der Waals surface area contributed by atoms with Gasteiger partial charge in [-0.05, 0) is 49.4 Å². The summed E-state index contributed by atoms with van der Waals surface area (Å²) in [6, 6.07) is 17.6. The summed E-state index contributed by atoms with van der Waals surface area (Å²) in [5.74, 6) is -0.597. The fourth-order valence-electron chi connectivity index (χ4n) is 3.17. The molecule has 0 aliphatic heterocycles. The van der Waals surface area contributed by atoms with E-state index in [0.29, 0.717) is 10.1 Å². The summed E-state index contributed by atoms with van der Waals surface area (Å²) in [5.41, 5.74) is -0.182. The maximum absolute atomic E-state index is 13.4. The molecule has 0 fully saturated rings. The van der Waals surface area contributed by atoms with Crippen LogP contribution in [-0.4, -0.2) is 21.0 Å². The molecule has 0 bridgehead atoms. The Kier molecular flexibility index (Phi) is 4.94. The van der Waals surface area contributed by atoms with Crippen LogP contribution >= 0.6 is 11.3 Å². The second-order valence-electron chi connectivity index (χ2n) is 6.31. The third kappa shape index (κ3) is 3.32. The molecule has 1 aromatic heterocycles. The van der Waals surface area contributed by atoms with E-state index in [1.807, 2.05) is 12.1 Å². The van der Waals surface area contributed by atoms with E-state index < -0.39 is 15.8 Å². The first-order chi connectivity index (χ1) is 13.9. The lowest BCUT2D eigenvalue weighted by atomic mass is 10.2. The lowest BCUT2D eigenvalue weighted by Crippen LogP contribution is -2.11. The maximum atomic E-state index is 13.4. The summed E-state index contributed by atoms with van der Waals surface area (Å²) in [5, 5.41) is 0.644. The fourth-order valence-corrected chi connectivity index (χ4v) is 5.86. The summed E-state index contributed by atoms with van der Waals surface area (Å²) >= 11 is 1.37. The number of benzene rings is 3. The molecule has 0 aliphatic carbocycles. The molecule has 4 aromatic rings. The summed E-state index contributed by atoms with van der Waals surface area (Å²) in [7, 11) is -4.03. The number of ether oxygens (including phenoxy) is 1. The van der Waals surface area contributed by atoms with E-state index in [0.717, 1.165) is 4.70 Å². The van der Waals surface area contributed by atoms with Crippen molar-refractivity contribution in [2.24, 2.45) is 0 Å². The molecule has 7 heteroatoms. The Balaban J connectivity index is 1.97. The second kappa shape index (κ2) is 7.42. The average Bonchev–Trinajstić information content (AvgIpc) is 2.74. The largest absolute Gasteiger partial charge is 0.462 e. The summed E-state index contributed by atoms with van der Waals surface area (Å²) in [6.07, 6.45) is 0. The van der Waals surface area contributed by atoms with Gasteiger partial charge >= 0.3 is 5.97 Å². The zero-order valence-corrected chi connectivity index (χ0v) is 17.0. The molecule has 146 valence electrons. The molecular weight excluding hydrogens is 408 g/mol. The van der Waals surface area contributed by atoms with E-state index in [-0.39, 0.29) is 32.8 Å². The number of sulfone groups is 1. The second-order valence-corrected chi connectivity index (χ2v) is 9.31. The predicted molar refractivity (Wildman–Crippen MR) is 113 cm³/mol. The minimum Gasteiger partial charge on any atom is -0.462 e. The number of hydrogen-bond acceptors (Lipinski definition) is 6. The SMILES string of the molecule is CCOC(=O)c1cccc(S(=O)(=O)c2cccc3sc4ccccc4c(=O)c23)c1. The predicted octanol–water partition coefficient (Wildman–Crippen LogP) is 4.42. The normalized spacial score (nSPS) is 11.6. The standard InChI is InChI=1S/C22H16O5S2/c1-2-27-22(24)14-7-5-8-15(13-14)29(25,26)19-12-6-11-18-20(19)21(23)16-9-3-4-10-17(16)28-18/h3-13H,2H2,1H3. The molecule has 0 unspecified atom stereocenters. The van der Waals surface area contributed by atoms with Gasteiger partial charge in [-0.25, -0.2) is 13.2 Å². The molecule has 0 atom stereocenters. The highest BCUT2D eigenvalue weighted by molar-refractivity contribution is 7.91. The van der Waals surface area contributed by atoms with Crippen LogP contribution in [0.5, 0.6) is 0 Å². The topological polar surface area (TPSA) is 77.5 Å². The number of rotatable bonds is 4. The lowest BCUT2D eigenvalue weighted by molar-refractivity contribution is 0.0526. The first-order valence-electron chi connectivity index (χ1n) is 8.90.